The van der Waals surface area contributed by atoms with Gasteiger partial charge in [-0.25, -0.2) is 4.98 Å². The van der Waals surface area contributed by atoms with Gasteiger partial charge in [0.2, 0.25) is 5.91 Å². The van der Waals surface area contributed by atoms with Gasteiger partial charge >= 0.3 is 0 Å². The van der Waals surface area contributed by atoms with Gasteiger partial charge in [-0.3, -0.25) is 14.4 Å². The summed E-state index contributed by atoms with van der Waals surface area (Å²) < 4.78 is 5.45. The van der Waals surface area contributed by atoms with Crippen molar-refractivity contribution in [3.63, 3.8) is 0 Å². The minimum Gasteiger partial charge on any atom is -0.496 e. The average molecular weight is 683 g/mol. The summed E-state index contributed by atoms with van der Waals surface area (Å²) >= 11 is 8.73. The summed E-state index contributed by atoms with van der Waals surface area (Å²) in [7, 11) is 1.54. The Morgan fingerprint density at radius 2 is 1.68 bits per heavy atom. The summed E-state index contributed by atoms with van der Waals surface area (Å²) in [6, 6.07) is 30.4. The first-order valence-electron chi connectivity index (χ1n) is 14.6. The number of ether oxygens (including phenoxy) is 1. The number of nitrogens with zero attached hydrogens (tertiary/aromatic N) is 1. The Labute approximate surface area is 286 Å². The molecule has 1 heterocycles. The Kier molecular flexibility index (Phi) is 11.5. The van der Waals surface area contributed by atoms with E-state index >= 15 is 0 Å². The Morgan fingerprint density at radius 3 is 2.43 bits per heavy atom. The summed E-state index contributed by atoms with van der Waals surface area (Å²) in [6.07, 6.45) is 2.14. The molecule has 1 aromatic heterocycles. The molecule has 0 aliphatic carbocycles. The molecule has 0 aliphatic heterocycles. The number of thioether (sulfide) groups is 1. The number of aromatic nitrogens is 1. The molecule has 0 spiro atoms. The van der Waals surface area contributed by atoms with Gasteiger partial charge in [0.15, 0.2) is 5.13 Å². The summed E-state index contributed by atoms with van der Waals surface area (Å²) in [6.45, 7) is 1.94. The van der Waals surface area contributed by atoms with Crippen molar-refractivity contribution in [2.24, 2.45) is 0 Å². The van der Waals surface area contributed by atoms with E-state index in [1.807, 2.05) is 48.7 Å². The van der Waals surface area contributed by atoms with Crippen LogP contribution in [-0.2, 0) is 9.59 Å². The van der Waals surface area contributed by atoms with E-state index in [0.29, 0.717) is 39.1 Å². The van der Waals surface area contributed by atoms with Crippen molar-refractivity contribution in [3.05, 3.63) is 130 Å². The molecule has 1 atom stereocenters. The van der Waals surface area contributed by atoms with E-state index < -0.39 is 17.1 Å². The molecule has 0 radical (unpaired) electrons. The number of rotatable bonds is 12. The molecule has 3 amide bonds. The predicted octanol–water partition coefficient (Wildman–Crippen LogP) is 8.39. The molecule has 4 aromatic carbocycles. The van der Waals surface area contributed by atoms with Crippen molar-refractivity contribution < 1.29 is 19.1 Å². The first-order chi connectivity index (χ1) is 22.8. The Hall–Kier alpha value is -4.90. The van der Waals surface area contributed by atoms with Gasteiger partial charge in [0.1, 0.15) is 11.4 Å². The van der Waals surface area contributed by atoms with Gasteiger partial charge in [0.05, 0.1) is 18.1 Å². The van der Waals surface area contributed by atoms with Gasteiger partial charge in [-0.1, -0.05) is 73.1 Å². The van der Waals surface area contributed by atoms with Crippen LogP contribution in [0.5, 0.6) is 5.75 Å². The molecule has 0 bridgehead atoms. The molecule has 47 heavy (non-hydrogen) atoms. The lowest BCUT2D eigenvalue weighted by Gasteiger charge is -2.15. The summed E-state index contributed by atoms with van der Waals surface area (Å²) in [5.41, 5.74) is 3.23. The first kappa shape index (κ1) is 33.5. The highest BCUT2D eigenvalue weighted by atomic mass is 35.5. The summed E-state index contributed by atoms with van der Waals surface area (Å²) in [5, 5.41) is 11.2. The standard InChI is InChI=1S/C36H31ClN4O4S2/c1-3-32(35(44)41-36-40-30(22-46-36)23-16-18-26(37)19-17-23)47-28-14-9-13-27(21-28)38-34(43)29(20-25-12-7-8-15-31(25)45-2)39-33(42)24-10-5-4-6-11-24/h4-22,32H,3H2,1-2H3,(H,38,43)(H,39,42)(H,40,41,44)/b29-20+. The lowest BCUT2D eigenvalue weighted by molar-refractivity contribution is -0.116. The lowest BCUT2D eigenvalue weighted by Crippen LogP contribution is -2.30. The van der Waals surface area contributed by atoms with Crippen LogP contribution in [0.1, 0.15) is 29.3 Å². The molecule has 8 nitrogen and oxygen atoms in total. The molecule has 3 N–H and O–H groups in total. The smallest absolute Gasteiger partial charge is 0.272 e. The number of methoxy groups -OCH3 is 1. The van der Waals surface area contributed by atoms with E-state index in [9.17, 15) is 14.4 Å². The van der Waals surface area contributed by atoms with Crippen LogP contribution in [0, 0.1) is 0 Å². The number of halogens is 1. The van der Waals surface area contributed by atoms with Crippen LogP contribution in [-0.4, -0.2) is 35.1 Å². The second kappa shape index (κ2) is 16.1. The molecule has 11 heteroatoms. The second-order valence-corrected chi connectivity index (χ2v) is 12.7. The minimum absolute atomic E-state index is 0.0358. The van der Waals surface area contributed by atoms with Gasteiger partial charge in [-0.15, -0.1) is 23.1 Å². The van der Waals surface area contributed by atoms with Crippen molar-refractivity contribution in [2.45, 2.75) is 23.5 Å². The Morgan fingerprint density at radius 1 is 0.936 bits per heavy atom. The maximum atomic E-state index is 13.6. The molecule has 1 unspecified atom stereocenters. The van der Waals surface area contributed by atoms with Crippen molar-refractivity contribution in [1.82, 2.24) is 10.3 Å². The normalized spacial score (nSPS) is 11.8. The SMILES string of the molecule is CCC(Sc1cccc(NC(=O)/C(=C\c2ccccc2OC)NC(=O)c2ccccc2)c1)C(=O)Nc1nc(-c2ccc(Cl)cc2)cs1. The van der Waals surface area contributed by atoms with E-state index in [4.69, 9.17) is 16.3 Å². The number of benzene rings is 4. The number of para-hydroxylation sites is 1. The van der Waals surface area contributed by atoms with Gasteiger partial charge in [0, 0.05) is 37.7 Å². The van der Waals surface area contributed by atoms with E-state index in [1.165, 1.54) is 30.2 Å². The van der Waals surface area contributed by atoms with Crippen LogP contribution >= 0.6 is 34.7 Å². The topological polar surface area (TPSA) is 109 Å². The minimum atomic E-state index is -0.521. The number of nitrogens with one attached hydrogen (secondary N) is 3. The number of hydrogen-bond donors (Lipinski definition) is 3. The van der Waals surface area contributed by atoms with Crippen LogP contribution in [0.4, 0.5) is 10.8 Å². The number of hydrogen-bond acceptors (Lipinski definition) is 7. The maximum absolute atomic E-state index is 13.6. The van der Waals surface area contributed by atoms with Crippen LogP contribution in [0.25, 0.3) is 17.3 Å². The third-order valence-electron chi connectivity index (χ3n) is 6.88. The molecule has 5 aromatic rings. The van der Waals surface area contributed by atoms with Gasteiger partial charge in [-0.05, 0) is 61.0 Å². The fraction of sp³-hybridized carbons (Fsp3) is 0.111. The van der Waals surface area contributed by atoms with Crippen molar-refractivity contribution in [1.29, 1.82) is 0 Å². The monoisotopic (exact) mass is 682 g/mol. The predicted molar refractivity (Wildman–Crippen MR) is 191 cm³/mol. The Bertz CT molecular complexity index is 1890. The fourth-order valence-corrected chi connectivity index (χ4v) is 6.35. The molecule has 238 valence electrons. The number of carbonyl (C=O) groups is 3. The van der Waals surface area contributed by atoms with Crippen molar-refractivity contribution in [3.8, 4) is 17.0 Å². The average Bonchev–Trinajstić information content (AvgIpc) is 3.56. The fourth-order valence-electron chi connectivity index (χ4n) is 4.49. The largest absolute Gasteiger partial charge is 0.496 e. The quantitative estimate of drug-likeness (QED) is 0.0901. The molecule has 0 fully saturated rings. The Balaban J connectivity index is 1.29. The first-order valence-corrected chi connectivity index (χ1v) is 16.8. The molecule has 5 rings (SSSR count). The molecular weight excluding hydrogens is 652 g/mol. The molecule has 0 saturated heterocycles. The number of amides is 3. The molecule has 0 aliphatic rings. The number of carbonyl (C=O) groups excluding carboxylic acids is 3. The third kappa shape index (κ3) is 9.10. The van der Waals surface area contributed by atoms with Gasteiger partial charge in [-0.2, -0.15) is 0 Å². The van der Waals surface area contributed by atoms with E-state index in [2.05, 4.69) is 20.9 Å². The number of thiazole rings is 1. The van der Waals surface area contributed by atoms with Gasteiger partial charge in [0.25, 0.3) is 11.8 Å². The summed E-state index contributed by atoms with van der Waals surface area (Å²) in [5.74, 6) is -0.571. The second-order valence-electron chi connectivity index (χ2n) is 10.2. The van der Waals surface area contributed by atoms with E-state index in [-0.39, 0.29) is 11.6 Å². The van der Waals surface area contributed by atoms with Crippen LogP contribution in [0.3, 0.4) is 0 Å². The highest BCUT2D eigenvalue weighted by Gasteiger charge is 2.21. The van der Waals surface area contributed by atoms with Crippen molar-refractivity contribution >= 4 is 69.3 Å². The van der Waals surface area contributed by atoms with E-state index in [1.54, 1.807) is 72.8 Å². The molecular formula is C36H31ClN4O4S2. The molecule has 0 saturated carbocycles. The highest BCUT2D eigenvalue weighted by Crippen LogP contribution is 2.31. The van der Waals surface area contributed by atoms with Crippen LogP contribution in [0.2, 0.25) is 5.02 Å². The zero-order valence-corrected chi connectivity index (χ0v) is 27.9. The van der Waals surface area contributed by atoms with Crippen LogP contribution < -0.4 is 20.7 Å². The maximum Gasteiger partial charge on any atom is 0.272 e. The highest BCUT2D eigenvalue weighted by molar-refractivity contribution is 8.00. The van der Waals surface area contributed by atoms with Gasteiger partial charge < -0.3 is 20.7 Å². The van der Waals surface area contributed by atoms with E-state index in [0.717, 1.165) is 16.2 Å². The summed E-state index contributed by atoms with van der Waals surface area (Å²) in [4.78, 5) is 45.2. The van der Waals surface area contributed by atoms with Crippen LogP contribution in [0.15, 0.2) is 119 Å². The third-order valence-corrected chi connectivity index (χ3v) is 9.24. The zero-order valence-electron chi connectivity index (χ0n) is 25.5. The van der Waals surface area contributed by atoms with Crippen molar-refractivity contribution in [2.75, 3.05) is 17.7 Å². The number of anilines is 2. The lowest BCUT2D eigenvalue weighted by atomic mass is 10.1. The zero-order chi connectivity index (χ0) is 33.2.